The van der Waals surface area contributed by atoms with Crippen LogP contribution >= 0.6 is 0 Å². The summed E-state index contributed by atoms with van der Waals surface area (Å²) in [5.41, 5.74) is 0. The summed E-state index contributed by atoms with van der Waals surface area (Å²) in [6.07, 6.45) is 38.1. The van der Waals surface area contributed by atoms with Crippen LogP contribution in [0.1, 0.15) is 162 Å². The van der Waals surface area contributed by atoms with E-state index in [0.717, 1.165) is 70.1 Å². The van der Waals surface area contributed by atoms with Gasteiger partial charge in [0.2, 0.25) is 0 Å². The molecule has 0 amide bonds. The van der Waals surface area contributed by atoms with Crippen LogP contribution in [0.4, 0.5) is 0 Å². The van der Waals surface area contributed by atoms with Gasteiger partial charge in [0.25, 0.3) is 0 Å². The van der Waals surface area contributed by atoms with Crippen LogP contribution in [0.3, 0.4) is 0 Å². The molecule has 0 heterocycles. The fourth-order valence-corrected chi connectivity index (χ4v) is 5.04. The van der Waals surface area contributed by atoms with E-state index in [2.05, 4.69) is 69.4 Å². The highest BCUT2D eigenvalue weighted by atomic mass is 16.6. The van der Waals surface area contributed by atoms with Crippen LogP contribution in [0.25, 0.3) is 0 Å². The summed E-state index contributed by atoms with van der Waals surface area (Å²) in [5, 5.41) is 19.2. The van der Waals surface area contributed by atoms with Gasteiger partial charge in [0, 0.05) is 12.8 Å². The third-order valence-electron chi connectivity index (χ3n) is 7.86. The average molecular weight is 647 g/mol. The molecule has 0 aliphatic carbocycles. The number of carbonyl (C=O) groups is 2. The Morgan fingerprint density at radius 3 is 1.67 bits per heavy atom. The van der Waals surface area contributed by atoms with Crippen molar-refractivity contribution in [2.45, 2.75) is 174 Å². The molecular weight excluding hydrogens is 576 g/mol. The molecule has 2 atom stereocenters. The maximum atomic E-state index is 12.1. The van der Waals surface area contributed by atoms with Gasteiger partial charge in [0.1, 0.15) is 6.61 Å². The Morgan fingerprint density at radius 1 is 0.630 bits per heavy atom. The van der Waals surface area contributed by atoms with Gasteiger partial charge in [-0.3, -0.25) is 9.59 Å². The van der Waals surface area contributed by atoms with Gasteiger partial charge >= 0.3 is 11.9 Å². The lowest BCUT2D eigenvalue weighted by Gasteiger charge is -2.15. The Kier molecular flexibility index (Phi) is 32.5. The lowest BCUT2D eigenvalue weighted by atomic mass is 10.0. The fourth-order valence-electron chi connectivity index (χ4n) is 5.04. The standard InChI is InChI=1S/C40H70O6/c1-4-29-37(42)31-26-22-18-14-10-6-5-7-11-15-19-23-27-32-39(43)45-35-38(34-41)46-40(44)33-28-24-20-16-12-8-9-13-17-21-25-30-36(2)3/h5,7,10,14-15,19,22,26,36-38,41-42H,4,6,8-9,11-13,16-18,20-21,23-25,27-35H2,1-3H3/b7-5-,14-10-,19-15-,26-22-/t37?,38-/m0/s1. The van der Waals surface area contributed by atoms with E-state index < -0.39 is 6.10 Å². The molecule has 0 aromatic carbocycles. The van der Waals surface area contributed by atoms with E-state index in [1.54, 1.807) is 0 Å². The zero-order valence-corrected chi connectivity index (χ0v) is 29.8. The van der Waals surface area contributed by atoms with Crippen LogP contribution in [-0.2, 0) is 19.1 Å². The number of ether oxygens (including phenoxy) is 2. The van der Waals surface area contributed by atoms with E-state index in [1.807, 2.05) is 0 Å². The van der Waals surface area contributed by atoms with Crippen molar-refractivity contribution in [2.24, 2.45) is 5.92 Å². The summed E-state index contributed by atoms with van der Waals surface area (Å²) in [6.45, 7) is 6.21. The minimum absolute atomic E-state index is 0.105. The van der Waals surface area contributed by atoms with E-state index in [0.29, 0.717) is 19.3 Å². The number of unbranched alkanes of at least 4 members (excludes halogenated alkanes) is 11. The first-order valence-corrected chi connectivity index (χ1v) is 18.6. The Labute approximate surface area is 282 Å². The van der Waals surface area contributed by atoms with E-state index in [9.17, 15) is 19.8 Å². The summed E-state index contributed by atoms with van der Waals surface area (Å²) in [4.78, 5) is 24.2. The fraction of sp³-hybridized carbons (Fsp3) is 0.750. The van der Waals surface area contributed by atoms with Crippen molar-refractivity contribution in [2.75, 3.05) is 13.2 Å². The molecule has 0 aromatic rings. The van der Waals surface area contributed by atoms with E-state index >= 15 is 0 Å². The van der Waals surface area contributed by atoms with E-state index in [4.69, 9.17) is 9.47 Å². The van der Waals surface area contributed by atoms with Crippen molar-refractivity contribution in [1.82, 2.24) is 0 Å². The number of rotatable bonds is 32. The van der Waals surface area contributed by atoms with Gasteiger partial charge in [-0.15, -0.1) is 0 Å². The molecule has 6 nitrogen and oxygen atoms in total. The molecule has 46 heavy (non-hydrogen) atoms. The number of allylic oxidation sites excluding steroid dienone is 7. The van der Waals surface area contributed by atoms with Crippen molar-refractivity contribution in [3.05, 3.63) is 48.6 Å². The van der Waals surface area contributed by atoms with Gasteiger partial charge in [0.05, 0.1) is 12.7 Å². The van der Waals surface area contributed by atoms with Crippen LogP contribution in [0.5, 0.6) is 0 Å². The zero-order valence-electron chi connectivity index (χ0n) is 29.8. The molecule has 0 saturated heterocycles. The first kappa shape index (κ1) is 43.8. The molecule has 2 N–H and O–H groups in total. The first-order valence-electron chi connectivity index (χ1n) is 18.6. The van der Waals surface area contributed by atoms with Crippen molar-refractivity contribution < 1.29 is 29.3 Å². The number of carbonyl (C=O) groups excluding carboxylic acids is 2. The first-order chi connectivity index (χ1) is 22.4. The van der Waals surface area contributed by atoms with Crippen molar-refractivity contribution in [3.63, 3.8) is 0 Å². The van der Waals surface area contributed by atoms with Gasteiger partial charge in [-0.2, -0.15) is 0 Å². The predicted molar refractivity (Wildman–Crippen MR) is 193 cm³/mol. The summed E-state index contributed by atoms with van der Waals surface area (Å²) >= 11 is 0. The number of aliphatic hydroxyl groups is 2. The van der Waals surface area contributed by atoms with Gasteiger partial charge in [-0.25, -0.2) is 0 Å². The average Bonchev–Trinajstić information content (AvgIpc) is 3.03. The highest BCUT2D eigenvalue weighted by Gasteiger charge is 2.16. The molecule has 266 valence electrons. The second-order valence-corrected chi connectivity index (χ2v) is 13.0. The van der Waals surface area contributed by atoms with Gasteiger partial charge in [-0.05, 0) is 57.3 Å². The highest BCUT2D eigenvalue weighted by Crippen LogP contribution is 2.14. The topological polar surface area (TPSA) is 93.1 Å². The Hall–Kier alpha value is -2.18. The Morgan fingerprint density at radius 2 is 1.13 bits per heavy atom. The number of hydrogen-bond donors (Lipinski definition) is 2. The molecule has 0 aliphatic rings. The van der Waals surface area contributed by atoms with Crippen LogP contribution in [0, 0.1) is 5.92 Å². The third-order valence-corrected chi connectivity index (χ3v) is 7.86. The molecule has 0 aliphatic heterocycles. The van der Waals surface area contributed by atoms with Crippen LogP contribution < -0.4 is 0 Å². The lowest BCUT2D eigenvalue weighted by Crippen LogP contribution is -2.28. The normalized spacial score (nSPS) is 13.5. The van der Waals surface area contributed by atoms with Crippen molar-refractivity contribution in [3.8, 4) is 0 Å². The van der Waals surface area contributed by atoms with Crippen LogP contribution in [0.15, 0.2) is 48.6 Å². The molecule has 1 unspecified atom stereocenters. The molecular formula is C40H70O6. The van der Waals surface area contributed by atoms with Crippen molar-refractivity contribution in [1.29, 1.82) is 0 Å². The largest absolute Gasteiger partial charge is 0.462 e. The SMILES string of the molecule is CCCC(O)C/C=C\C/C=C\C/C=C\C/C=C\CCCC(=O)OC[C@H](CO)OC(=O)CCCCCCCCCCCCCC(C)C. The Balaban J connectivity index is 3.70. The maximum absolute atomic E-state index is 12.1. The summed E-state index contributed by atoms with van der Waals surface area (Å²) in [7, 11) is 0. The smallest absolute Gasteiger partial charge is 0.306 e. The molecule has 0 fully saturated rings. The predicted octanol–water partition coefficient (Wildman–Crippen LogP) is 10.3. The van der Waals surface area contributed by atoms with Crippen LogP contribution in [-0.4, -0.2) is 47.6 Å². The molecule has 0 saturated carbocycles. The van der Waals surface area contributed by atoms with Gasteiger partial charge in [0.15, 0.2) is 6.10 Å². The summed E-state index contributed by atoms with van der Waals surface area (Å²) in [5.74, 6) is 0.147. The zero-order chi connectivity index (χ0) is 33.9. The van der Waals surface area contributed by atoms with Crippen LogP contribution in [0.2, 0.25) is 0 Å². The molecule has 0 aromatic heterocycles. The lowest BCUT2D eigenvalue weighted by molar-refractivity contribution is -0.161. The van der Waals surface area contributed by atoms with Gasteiger partial charge in [-0.1, -0.05) is 146 Å². The molecule has 0 bridgehead atoms. The second kappa shape index (κ2) is 34.2. The summed E-state index contributed by atoms with van der Waals surface area (Å²) in [6, 6.07) is 0. The van der Waals surface area contributed by atoms with Gasteiger partial charge < -0.3 is 19.7 Å². The van der Waals surface area contributed by atoms with E-state index in [1.165, 1.54) is 57.8 Å². The number of aliphatic hydroxyl groups excluding tert-OH is 2. The molecule has 0 rings (SSSR count). The van der Waals surface area contributed by atoms with E-state index in [-0.39, 0.29) is 31.3 Å². The Bertz CT molecular complexity index is 813. The third kappa shape index (κ3) is 33.2. The molecule has 6 heteroatoms. The summed E-state index contributed by atoms with van der Waals surface area (Å²) < 4.78 is 10.5. The number of esters is 2. The second-order valence-electron chi connectivity index (χ2n) is 13.0. The maximum Gasteiger partial charge on any atom is 0.306 e. The monoisotopic (exact) mass is 647 g/mol. The molecule has 0 radical (unpaired) electrons. The van der Waals surface area contributed by atoms with Crippen molar-refractivity contribution >= 4 is 11.9 Å². The molecule has 0 spiro atoms. The number of hydrogen-bond acceptors (Lipinski definition) is 6. The minimum atomic E-state index is -0.801. The quantitative estimate of drug-likeness (QED) is 0.0429. The minimum Gasteiger partial charge on any atom is -0.462 e. The highest BCUT2D eigenvalue weighted by molar-refractivity contribution is 5.70.